The number of aromatic nitrogens is 1. The fourth-order valence-corrected chi connectivity index (χ4v) is 3.20. The second-order valence-corrected chi connectivity index (χ2v) is 5.57. The van der Waals surface area contributed by atoms with Gasteiger partial charge < -0.3 is 10.1 Å². The van der Waals surface area contributed by atoms with Gasteiger partial charge in [-0.2, -0.15) is 0 Å². The summed E-state index contributed by atoms with van der Waals surface area (Å²) in [6.07, 6.45) is 6.09. The van der Waals surface area contributed by atoms with E-state index < -0.39 is 0 Å². The minimum atomic E-state index is 0.286. The Morgan fingerprint density at radius 2 is 1.91 bits per heavy atom. The molecule has 0 unspecified atom stereocenters. The molecule has 2 N–H and O–H groups in total. The first-order valence-corrected chi connectivity index (χ1v) is 7.41. The molecule has 0 saturated carbocycles. The summed E-state index contributed by atoms with van der Waals surface area (Å²) in [5.74, 6) is 0.286. The second kappa shape index (κ2) is 5.34. The first-order chi connectivity index (χ1) is 10.6. The van der Waals surface area contributed by atoms with Crippen molar-refractivity contribution in [2.24, 2.45) is 4.99 Å². The molecular formula is C19H20N2O. The van der Waals surface area contributed by atoms with Gasteiger partial charge in [-0.25, -0.2) is 0 Å². The number of fused-ring (bicyclic) bond motifs is 3. The lowest BCUT2D eigenvalue weighted by molar-refractivity contribution is 0.476. The predicted octanol–water partition coefficient (Wildman–Crippen LogP) is 4.73. The third-order valence-corrected chi connectivity index (χ3v) is 4.22. The van der Waals surface area contributed by atoms with Crippen molar-refractivity contribution >= 4 is 34.1 Å². The molecule has 0 fully saturated rings. The Balaban J connectivity index is 2.57. The fraction of sp³-hybridized carbons (Fsp3) is 0.211. The SMILES string of the molecule is C/C=C\c1c(C=NC)c(C)c2c([nH]c3ccc(O)cc32)c1C. The van der Waals surface area contributed by atoms with Gasteiger partial charge in [0, 0.05) is 35.1 Å². The number of rotatable bonds is 2. The molecule has 3 nitrogen and oxygen atoms in total. The second-order valence-electron chi connectivity index (χ2n) is 5.57. The summed E-state index contributed by atoms with van der Waals surface area (Å²) in [5, 5.41) is 12.0. The molecule has 1 aromatic heterocycles. The maximum Gasteiger partial charge on any atom is 0.116 e. The van der Waals surface area contributed by atoms with Crippen molar-refractivity contribution in [3.05, 3.63) is 46.5 Å². The topological polar surface area (TPSA) is 48.4 Å². The summed E-state index contributed by atoms with van der Waals surface area (Å²) in [5.41, 5.74) is 6.86. The minimum absolute atomic E-state index is 0.286. The normalized spacial score (nSPS) is 12.4. The van der Waals surface area contributed by atoms with Crippen molar-refractivity contribution in [1.29, 1.82) is 0 Å². The van der Waals surface area contributed by atoms with E-state index in [-0.39, 0.29) is 5.75 Å². The zero-order chi connectivity index (χ0) is 15.9. The third kappa shape index (κ3) is 2.01. The van der Waals surface area contributed by atoms with Gasteiger partial charge in [-0.05, 0) is 55.7 Å². The average molecular weight is 292 g/mol. The van der Waals surface area contributed by atoms with Crippen LogP contribution in [0.15, 0.2) is 29.3 Å². The molecule has 0 saturated heterocycles. The molecule has 22 heavy (non-hydrogen) atoms. The largest absolute Gasteiger partial charge is 0.508 e. The van der Waals surface area contributed by atoms with Gasteiger partial charge in [-0.3, -0.25) is 4.99 Å². The molecule has 0 spiro atoms. The van der Waals surface area contributed by atoms with E-state index in [9.17, 15) is 5.11 Å². The highest BCUT2D eigenvalue weighted by molar-refractivity contribution is 6.13. The Bertz CT molecular complexity index is 930. The first-order valence-electron chi connectivity index (χ1n) is 7.41. The number of hydrogen-bond donors (Lipinski definition) is 2. The van der Waals surface area contributed by atoms with Crippen LogP contribution < -0.4 is 0 Å². The van der Waals surface area contributed by atoms with E-state index in [1.54, 1.807) is 13.1 Å². The maximum atomic E-state index is 9.83. The van der Waals surface area contributed by atoms with Crippen LogP contribution in [0.4, 0.5) is 0 Å². The molecule has 0 radical (unpaired) electrons. The zero-order valence-electron chi connectivity index (χ0n) is 13.4. The van der Waals surface area contributed by atoms with E-state index in [0.29, 0.717) is 0 Å². The summed E-state index contributed by atoms with van der Waals surface area (Å²) < 4.78 is 0. The molecule has 3 rings (SSSR count). The highest BCUT2D eigenvalue weighted by atomic mass is 16.3. The Labute approximate surface area is 130 Å². The van der Waals surface area contributed by atoms with Crippen LogP contribution in [-0.2, 0) is 0 Å². The predicted molar refractivity (Wildman–Crippen MR) is 95.2 cm³/mol. The summed E-state index contributed by atoms with van der Waals surface area (Å²) in [6, 6.07) is 5.46. The van der Waals surface area contributed by atoms with Crippen molar-refractivity contribution in [3.8, 4) is 5.75 Å². The molecular weight excluding hydrogens is 272 g/mol. The Kier molecular flexibility index (Phi) is 3.49. The van der Waals surface area contributed by atoms with Crippen LogP contribution in [0.3, 0.4) is 0 Å². The number of aromatic hydroxyl groups is 1. The number of allylic oxidation sites excluding steroid dienone is 1. The average Bonchev–Trinajstić information content (AvgIpc) is 2.87. The molecule has 0 aliphatic carbocycles. The zero-order valence-corrected chi connectivity index (χ0v) is 13.4. The number of aryl methyl sites for hydroxylation is 2. The number of nitrogens with zero attached hydrogens (tertiary/aromatic N) is 1. The van der Waals surface area contributed by atoms with Crippen LogP contribution in [0, 0.1) is 13.8 Å². The van der Waals surface area contributed by atoms with E-state index >= 15 is 0 Å². The molecule has 0 aliphatic heterocycles. The van der Waals surface area contributed by atoms with E-state index in [4.69, 9.17) is 0 Å². The smallest absolute Gasteiger partial charge is 0.116 e. The van der Waals surface area contributed by atoms with Gasteiger partial charge in [0.25, 0.3) is 0 Å². The van der Waals surface area contributed by atoms with Crippen LogP contribution in [0.1, 0.15) is 29.2 Å². The lowest BCUT2D eigenvalue weighted by Crippen LogP contribution is -1.97. The first kappa shape index (κ1) is 14.4. The monoisotopic (exact) mass is 292 g/mol. The Morgan fingerprint density at radius 3 is 2.59 bits per heavy atom. The molecule has 0 aliphatic rings. The lowest BCUT2D eigenvalue weighted by Gasteiger charge is -2.12. The van der Waals surface area contributed by atoms with Gasteiger partial charge >= 0.3 is 0 Å². The van der Waals surface area contributed by atoms with Crippen molar-refractivity contribution in [3.63, 3.8) is 0 Å². The quantitative estimate of drug-likeness (QED) is 0.659. The molecule has 112 valence electrons. The number of aromatic amines is 1. The Hall–Kier alpha value is -2.55. The summed E-state index contributed by atoms with van der Waals surface area (Å²) in [4.78, 5) is 7.71. The van der Waals surface area contributed by atoms with Crippen molar-refractivity contribution in [2.75, 3.05) is 7.05 Å². The van der Waals surface area contributed by atoms with Gasteiger partial charge in [-0.1, -0.05) is 12.2 Å². The maximum absolute atomic E-state index is 9.83. The summed E-state index contributed by atoms with van der Waals surface area (Å²) in [6.45, 7) is 6.26. The number of benzene rings is 2. The third-order valence-electron chi connectivity index (χ3n) is 4.22. The molecule has 0 bridgehead atoms. The molecule has 0 amide bonds. The highest BCUT2D eigenvalue weighted by Crippen LogP contribution is 2.36. The van der Waals surface area contributed by atoms with Crippen molar-refractivity contribution in [2.45, 2.75) is 20.8 Å². The standard InChI is InChI=1S/C19H20N2O/c1-5-6-14-12(3)19-18(11(2)16(14)10-20-4)15-9-13(22)7-8-17(15)21-19/h5-10,21-22H,1-4H3/b6-5-,20-10?. The molecule has 1 heterocycles. The molecule has 3 aromatic rings. The van der Waals surface area contributed by atoms with Crippen LogP contribution in [0.25, 0.3) is 27.9 Å². The van der Waals surface area contributed by atoms with E-state index in [2.05, 4.69) is 36.0 Å². The number of phenolic OH excluding ortho intramolecular Hbond substituents is 1. The van der Waals surface area contributed by atoms with E-state index in [1.165, 1.54) is 16.7 Å². The van der Waals surface area contributed by atoms with Crippen LogP contribution in [0.5, 0.6) is 5.75 Å². The highest BCUT2D eigenvalue weighted by Gasteiger charge is 2.16. The minimum Gasteiger partial charge on any atom is -0.508 e. The van der Waals surface area contributed by atoms with Crippen molar-refractivity contribution < 1.29 is 5.11 Å². The number of H-pyrrole nitrogens is 1. The van der Waals surface area contributed by atoms with E-state index in [0.717, 1.165) is 27.4 Å². The van der Waals surface area contributed by atoms with Crippen LogP contribution in [0.2, 0.25) is 0 Å². The van der Waals surface area contributed by atoms with Gasteiger partial charge in [0.15, 0.2) is 0 Å². The van der Waals surface area contributed by atoms with Crippen molar-refractivity contribution in [1.82, 2.24) is 4.98 Å². The molecule has 0 atom stereocenters. The molecule has 2 aromatic carbocycles. The number of nitrogens with one attached hydrogen (secondary N) is 1. The fourth-order valence-electron chi connectivity index (χ4n) is 3.20. The van der Waals surface area contributed by atoms with Gasteiger partial charge in [0.05, 0.1) is 5.52 Å². The van der Waals surface area contributed by atoms with Crippen LogP contribution in [-0.4, -0.2) is 23.4 Å². The summed E-state index contributed by atoms with van der Waals surface area (Å²) in [7, 11) is 1.79. The lowest BCUT2D eigenvalue weighted by atomic mass is 9.92. The van der Waals surface area contributed by atoms with E-state index in [1.807, 2.05) is 25.3 Å². The molecule has 3 heteroatoms. The number of hydrogen-bond acceptors (Lipinski definition) is 2. The van der Waals surface area contributed by atoms with Gasteiger partial charge in [0.1, 0.15) is 5.75 Å². The Morgan fingerprint density at radius 1 is 1.14 bits per heavy atom. The number of aliphatic imine (C=N–C) groups is 1. The van der Waals surface area contributed by atoms with Gasteiger partial charge in [-0.15, -0.1) is 0 Å². The van der Waals surface area contributed by atoms with Gasteiger partial charge in [0.2, 0.25) is 0 Å². The number of phenols is 1. The van der Waals surface area contributed by atoms with Crippen LogP contribution >= 0.6 is 0 Å². The summed E-state index contributed by atoms with van der Waals surface area (Å²) >= 11 is 0.